The highest BCUT2D eigenvalue weighted by molar-refractivity contribution is 6.13. The van der Waals surface area contributed by atoms with Gasteiger partial charge in [-0.2, -0.15) is 0 Å². The van der Waals surface area contributed by atoms with Crippen molar-refractivity contribution in [2.75, 3.05) is 20.3 Å². The van der Waals surface area contributed by atoms with E-state index in [1.807, 2.05) is 18.2 Å². The molecule has 0 unspecified atom stereocenters. The molecule has 188 valence electrons. The fraction of sp³-hybridized carbons (Fsp3) is 0.357. The Kier molecular flexibility index (Phi) is 7.52. The molecule has 0 radical (unpaired) electrons. The number of hydrogen-bond acceptors (Lipinski definition) is 8. The number of rotatable bonds is 7. The van der Waals surface area contributed by atoms with Crippen molar-refractivity contribution in [1.82, 2.24) is 10.3 Å². The third-order valence-electron chi connectivity index (χ3n) is 6.58. The number of pyridine rings is 1. The van der Waals surface area contributed by atoms with Crippen LogP contribution in [0, 0.1) is 5.92 Å². The summed E-state index contributed by atoms with van der Waals surface area (Å²) in [5, 5.41) is 3.28. The number of ether oxygens (including phenoxy) is 3. The van der Waals surface area contributed by atoms with Crippen molar-refractivity contribution in [2.45, 2.75) is 39.0 Å². The van der Waals surface area contributed by atoms with Crippen LogP contribution in [-0.2, 0) is 23.9 Å². The summed E-state index contributed by atoms with van der Waals surface area (Å²) in [7, 11) is 1.56. The number of methoxy groups -OCH3 is 1. The van der Waals surface area contributed by atoms with E-state index in [2.05, 4.69) is 10.3 Å². The van der Waals surface area contributed by atoms with E-state index in [1.54, 1.807) is 58.3 Å². The SMILES string of the molecule is CCOC(=O)C1=C(C)NC2=C(C(=O)[C@@H](C(=O)OCC)[C@H](c3ccccc3OC)C2)[C@H]1c1ccccn1. The number of ketones is 1. The lowest BCUT2D eigenvalue weighted by Crippen LogP contribution is -2.43. The number of esters is 2. The maximum atomic E-state index is 14.2. The minimum Gasteiger partial charge on any atom is -0.496 e. The highest BCUT2D eigenvalue weighted by Crippen LogP contribution is 2.49. The summed E-state index contributed by atoms with van der Waals surface area (Å²) in [5.41, 5.74) is 3.15. The van der Waals surface area contributed by atoms with Gasteiger partial charge in [0.15, 0.2) is 5.78 Å². The molecule has 1 aromatic carbocycles. The molecule has 0 saturated heterocycles. The lowest BCUT2D eigenvalue weighted by Gasteiger charge is -2.39. The van der Waals surface area contributed by atoms with E-state index in [9.17, 15) is 14.4 Å². The van der Waals surface area contributed by atoms with Gasteiger partial charge < -0.3 is 19.5 Å². The number of hydrogen-bond donors (Lipinski definition) is 1. The molecule has 4 rings (SSSR count). The van der Waals surface area contributed by atoms with Crippen LogP contribution in [0.5, 0.6) is 5.75 Å². The van der Waals surface area contributed by atoms with E-state index in [-0.39, 0.29) is 13.2 Å². The highest BCUT2D eigenvalue weighted by Gasteiger charge is 2.49. The van der Waals surface area contributed by atoms with Gasteiger partial charge in [0.05, 0.1) is 37.5 Å². The van der Waals surface area contributed by atoms with E-state index < -0.39 is 35.5 Å². The molecule has 2 heterocycles. The Morgan fingerprint density at radius 2 is 1.78 bits per heavy atom. The molecule has 0 fully saturated rings. The number of carbonyl (C=O) groups excluding carboxylic acids is 3. The van der Waals surface area contributed by atoms with Crippen molar-refractivity contribution in [3.05, 3.63) is 82.5 Å². The molecule has 0 saturated carbocycles. The zero-order chi connectivity index (χ0) is 25.8. The fourth-order valence-electron chi connectivity index (χ4n) is 5.12. The van der Waals surface area contributed by atoms with Gasteiger partial charge in [0.25, 0.3) is 0 Å². The van der Waals surface area contributed by atoms with Crippen LogP contribution in [0.4, 0.5) is 0 Å². The maximum absolute atomic E-state index is 14.2. The molecule has 1 N–H and O–H groups in total. The average molecular weight is 491 g/mol. The molecule has 2 aliphatic rings. The summed E-state index contributed by atoms with van der Waals surface area (Å²) < 4.78 is 16.3. The van der Waals surface area contributed by atoms with Crippen molar-refractivity contribution in [3.8, 4) is 5.75 Å². The van der Waals surface area contributed by atoms with Crippen molar-refractivity contribution in [1.29, 1.82) is 0 Å². The molecule has 36 heavy (non-hydrogen) atoms. The molecular weight excluding hydrogens is 460 g/mol. The van der Waals surface area contributed by atoms with E-state index in [4.69, 9.17) is 14.2 Å². The number of nitrogens with zero attached hydrogens (tertiary/aromatic N) is 1. The number of benzene rings is 1. The third kappa shape index (κ3) is 4.51. The second kappa shape index (κ2) is 10.8. The molecule has 1 aromatic heterocycles. The van der Waals surface area contributed by atoms with Gasteiger partial charge in [-0.1, -0.05) is 24.3 Å². The van der Waals surface area contributed by atoms with Gasteiger partial charge >= 0.3 is 11.9 Å². The Bertz CT molecular complexity index is 1230. The Labute approximate surface area is 210 Å². The first-order valence-corrected chi connectivity index (χ1v) is 12.0. The number of dihydropyridines is 1. The van der Waals surface area contributed by atoms with Crippen molar-refractivity contribution < 1.29 is 28.6 Å². The highest BCUT2D eigenvalue weighted by atomic mass is 16.5. The Morgan fingerprint density at radius 1 is 1.06 bits per heavy atom. The lowest BCUT2D eigenvalue weighted by molar-refractivity contribution is -0.152. The fourth-order valence-corrected chi connectivity index (χ4v) is 5.12. The Balaban J connectivity index is 1.91. The van der Waals surface area contributed by atoms with E-state index >= 15 is 0 Å². The quantitative estimate of drug-likeness (QED) is 0.462. The second-order valence-electron chi connectivity index (χ2n) is 8.61. The minimum atomic E-state index is -1.10. The summed E-state index contributed by atoms with van der Waals surface area (Å²) in [6.45, 7) is 5.54. The predicted octanol–water partition coefficient (Wildman–Crippen LogP) is 3.80. The van der Waals surface area contributed by atoms with Crippen molar-refractivity contribution >= 4 is 17.7 Å². The molecule has 0 bridgehead atoms. The first-order valence-electron chi connectivity index (χ1n) is 12.0. The Hall–Kier alpha value is -3.94. The van der Waals surface area contributed by atoms with Crippen LogP contribution in [-0.4, -0.2) is 43.0 Å². The number of aromatic nitrogens is 1. The zero-order valence-electron chi connectivity index (χ0n) is 20.9. The molecule has 2 aromatic rings. The van der Waals surface area contributed by atoms with E-state index in [1.165, 1.54) is 0 Å². The second-order valence-corrected chi connectivity index (χ2v) is 8.61. The maximum Gasteiger partial charge on any atom is 0.336 e. The van der Waals surface area contributed by atoms with Crippen LogP contribution in [0.3, 0.4) is 0 Å². The molecule has 3 atom stereocenters. The van der Waals surface area contributed by atoms with Gasteiger partial charge in [0.2, 0.25) is 0 Å². The van der Waals surface area contributed by atoms with Crippen molar-refractivity contribution in [2.24, 2.45) is 5.92 Å². The number of carbonyl (C=O) groups is 3. The molecule has 8 heteroatoms. The third-order valence-corrected chi connectivity index (χ3v) is 6.58. The van der Waals surface area contributed by atoms with Gasteiger partial charge in [-0.25, -0.2) is 4.79 Å². The molecule has 8 nitrogen and oxygen atoms in total. The van der Waals surface area contributed by atoms with Crippen LogP contribution in [0.1, 0.15) is 50.3 Å². The van der Waals surface area contributed by atoms with E-state index in [0.717, 1.165) is 5.56 Å². The monoisotopic (exact) mass is 490 g/mol. The average Bonchev–Trinajstić information content (AvgIpc) is 2.88. The zero-order valence-corrected chi connectivity index (χ0v) is 20.9. The standard InChI is InChI=1S/C28H30N2O6/c1-5-35-27(32)22-16(3)30-20-15-18(17-11-7-8-13-21(17)34-4)23(28(33)36-6-2)26(31)25(20)24(22)19-12-9-10-14-29-19/h7-14,18,23-24,30H,5-6,15H2,1-4H3/t18-,23-,24-/m0/s1. The number of para-hydroxylation sites is 1. The summed E-state index contributed by atoms with van der Waals surface area (Å²) in [4.78, 5) is 45.0. The predicted molar refractivity (Wildman–Crippen MR) is 132 cm³/mol. The molecule has 0 amide bonds. The molecule has 1 aliphatic carbocycles. The smallest absolute Gasteiger partial charge is 0.336 e. The summed E-state index contributed by atoms with van der Waals surface area (Å²) in [6.07, 6.45) is 1.96. The summed E-state index contributed by atoms with van der Waals surface area (Å²) >= 11 is 0. The van der Waals surface area contributed by atoms with Crippen LogP contribution >= 0.6 is 0 Å². The van der Waals surface area contributed by atoms with Gasteiger partial charge in [-0.15, -0.1) is 0 Å². The van der Waals surface area contributed by atoms with E-state index in [0.29, 0.717) is 40.4 Å². The summed E-state index contributed by atoms with van der Waals surface area (Å²) in [5.74, 6) is -3.33. The van der Waals surface area contributed by atoms with Crippen LogP contribution in [0.2, 0.25) is 0 Å². The van der Waals surface area contributed by atoms with Crippen LogP contribution < -0.4 is 10.1 Å². The first-order chi connectivity index (χ1) is 17.4. The van der Waals surface area contributed by atoms with Gasteiger partial charge in [-0.05, 0) is 51.0 Å². The topological polar surface area (TPSA) is 104 Å². The van der Waals surface area contributed by atoms with Crippen LogP contribution in [0.25, 0.3) is 0 Å². The number of Topliss-reactive ketones (excluding diaryl/α,β-unsaturated/α-hetero) is 1. The van der Waals surface area contributed by atoms with Gasteiger partial charge in [-0.3, -0.25) is 14.6 Å². The molecule has 1 aliphatic heterocycles. The van der Waals surface area contributed by atoms with Crippen LogP contribution in [0.15, 0.2) is 71.2 Å². The minimum absolute atomic E-state index is 0.141. The number of allylic oxidation sites excluding steroid dienone is 3. The van der Waals surface area contributed by atoms with Crippen molar-refractivity contribution in [3.63, 3.8) is 0 Å². The normalized spacial score (nSPS) is 21.4. The first kappa shape index (κ1) is 25.2. The summed E-state index contributed by atoms with van der Waals surface area (Å²) in [6, 6.07) is 12.7. The lowest BCUT2D eigenvalue weighted by atomic mass is 9.67. The Morgan fingerprint density at radius 3 is 2.44 bits per heavy atom. The molecular formula is C28H30N2O6. The largest absolute Gasteiger partial charge is 0.496 e. The number of nitrogens with one attached hydrogen (secondary N) is 1. The molecule has 0 spiro atoms. The van der Waals surface area contributed by atoms with Gasteiger partial charge in [0, 0.05) is 29.1 Å². The van der Waals surface area contributed by atoms with Gasteiger partial charge in [0.1, 0.15) is 11.7 Å².